The zero-order valence-electron chi connectivity index (χ0n) is 36.9. The van der Waals surface area contributed by atoms with E-state index in [2.05, 4.69) is 269 Å². The number of hydrogen-bond acceptors (Lipinski definition) is 3. The van der Waals surface area contributed by atoms with E-state index < -0.39 is 0 Å². The summed E-state index contributed by atoms with van der Waals surface area (Å²) in [6.07, 6.45) is 0. The second-order valence-electron chi connectivity index (χ2n) is 16.6. The monoisotopic (exact) mass is 1050 g/mol. The number of hydrazone groups is 1. The van der Waals surface area contributed by atoms with Crippen LogP contribution in [0.4, 0.5) is 11.4 Å². The number of benzene rings is 10. The molecule has 0 atom stereocenters. The van der Waals surface area contributed by atoms with Crippen LogP contribution in [0.1, 0.15) is 5.56 Å². The van der Waals surface area contributed by atoms with Crippen LogP contribution in [0.5, 0.6) is 0 Å². The Morgan fingerprint density at radius 3 is 1.21 bits per heavy atom. The molecule has 13 rings (SSSR count). The molecule has 0 saturated heterocycles. The van der Waals surface area contributed by atoms with Crippen LogP contribution in [0.2, 0.25) is 0 Å². The first-order valence-corrected chi connectivity index (χ1v) is 22.7. The molecule has 329 valence electrons. The summed E-state index contributed by atoms with van der Waals surface area (Å²) >= 11 is 0. The number of hydrogen-bond donors (Lipinski definition) is 0. The third-order valence-electron chi connectivity index (χ3n) is 12.6. The first kappa shape index (κ1) is 42.4. The Bertz CT molecular complexity index is 3570. The fourth-order valence-corrected chi connectivity index (χ4v) is 9.61. The average Bonchev–Trinajstić information content (AvgIpc) is 4.12. The minimum atomic E-state index is 0. The molecule has 5 nitrogen and oxygen atoms in total. The van der Waals surface area contributed by atoms with Crippen molar-refractivity contribution in [1.82, 2.24) is 9.55 Å². The van der Waals surface area contributed by atoms with Gasteiger partial charge in [0.2, 0.25) is 0 Å². The molecule has 0 bridgehead atoms. The number of fused-ring (bicyclic) bond motifs is 6. The van der Waals surface area contributed by atoms with Gasteiger partial charge < -0.3 is 19.5 Å². The summed E-state index contributed by atoms with van der Waals surface area (Å²) in [5.74, 6) is 0.840. The molecule has 0 spiro atoms. The Hall–Kier alpha value is -8.19. The van der Waals surface area contributed by atoms with Gasteiger partial charge in [0.1, 0.15) is 5.84 Å². The van der Waals surface area contributed by atoms with E-state index in [1.54, 1.807) is 0 Å². The van der Waals surface area contributed by atoms with Crippen LogP contribution >= 0.6 is 0 Å². The van der Waals surface area contributed by atoms with Gasteiger partial charge in [-0.15, -0.1) is 17.7 Å². The Labute approximate surface area is 411 Å². The zero-order chi connectivity index (χ0) is 44.5. The topological polar surface area (TPSA) is 37.9 Å². The molecular weight excluding hydrogens is 1010 g/mol. The van der Waals surface area contributed by atoms with E-state index >= 15 is 0 Å². The molecule has 6 heteroatoms. The summed E-state index contributed by atoms with van der Waals surface area (Å²) < 4.78 is 2.40. The van der Waals surface area contributed by atoms with Crippen molar-refractivity contribution in [2.45, 2.75) is 0 Å². The van der Waals surface area contributed by atoms with E-state index in [4.69, 9.17) is 5.10 Å². The SMILES string of the molecule is [Au].c1ccc(C2=NN(c3c(-c4ccccc4)cccc3-n3c4ccccc4c4ccccc43)[CH-]N2c2c(-c3ccccc3)cccc2-c2ccccc2)cc1.c1ccc2c(c1)[n-]c1ccccc12. The van der Waals surface area contributed by atoms with Gasteiger partial charge in [0.15, 0.2) is 0 Å². The average molecular weight is 1060 g/mol. The number of amidine groups is 1. The third kappa shape index (κ3) is 7.69. The van der Waals surface area contributed by atoms with Gasteiger partial charge >= 0.3 is 0 Å². The van der Waals surface area contributed by atoms with E-state index in [9.17, 15) is 0 Å². The maximum atomic E-state index is 5.58. The van der Waals surface area contributed by atoms with E-state index in [0.717, 1.165) is 83.9 Å². The molecule has 0 N–H and O–H groups in total. The molecule has 1 radical (unpaired) electrons. The number of nitrogens with zero attached hydrogens (tertiary/aromatic N) is 5. The smallest absolute Gasteiger partial charge is 0.129 e. The Morgan fingerprint density at radius 2 is 0.721 bits per heavy atom. The zero-order valence-corrected chi connectivity index (χ0v) is 39.0. The fourth-order valence-electron chi connectivity index (χ4n) is 9.61. The molecule has 0 unspecified atom stereocenters. The maximum absolute atomic E-state index is 5.58. The molecule has 1 aliphatic rings. The van der Waals surface area contributed by atoms with E-state index in [1.807, 2.05) is 12.1 Å². The first-order valence-electron chi connectivity index (χ1n) is 22.7. The summed E-state index contributed by atoms with van der Waals surface area (Å²) in [7, 11) is 0. The van der Waals surface area contributed by atoms with E-state index in [0.29, 0.717) is 0 Å². The first-order chi connectivity index (χ1) is 33.3. The molecule has 0 fully saturated rings. The van der Waals surface area contributed by atoms with Crippen LogP contribution in [0, 0.1) is 6.67 Å². The van der Waals surface area contributed by atoms with Crippen molar-refractivity contribution in [3.63, 3.8) is 0 Å². The van der Waals surface area contributed by atoms with Crippen molar-refractivity contribution < 1.29 is 22.4 Å². The summed E-state index contributed by atoms with van der Waals surface area (Å²) in [5, 5.41) is 12.6. The second kappa shape index (κ2) is 18.6. The minimum absolute atomic E-state index is 0. The number of anilines is 2. The van der Waals surface area contributed by atoms with Crippen molar-refractivity contribution in [2.24, 2.45) is 5.10 Å². The number of para-hydroxylation sites is 6. The van der Waals surface area contributed by atoms with Crippen molar-refractivity contribution in [2.75, 3.05) is 9.91 Å². The van der Waals surface area contributed by atoms with Crippen LogP contribution in [0.3, 0.4) is 0 Å². The quantitative estimate of drug-likeness (QED) is 0.118. The Balaban J connectivity index is 0.000000310. The van der Waals surface area contributed by atoms with Gasteiger partial charge in [-0.1, -0.05) is 237 Å². The molecule has 2 aromatic heterocycles. The molecular formula is C62H43AuN5-2. The maximum Gasteiger partial charge on any atom is 0.129 e. The molecule has 0 aliphatic carbocycles. The normalized spacial score (nSPS) is 12.3. The van der Waals surface area contributed by atoms with Crippen molar-refractivity contribution in [3.05, 3.63) is 267 Å². The summed E-state index contributed by atoms with van der Waals surface area (Å²) in [5.41, 5.74) is 15.3. The predicted molar refractivity (Wildman–Crippen MR) is 281 cm³/mol. The third-order valence-corrected chi connectivity index (χ3v) is 12.6. The van der Waals surface area contributed by atoms with Crippen LogP contribution < -0.4 is 14.9 Å². The molecule has 3 heterocycles. The molecule has 12 aromatic rings. The molecule has 68 heavy (non-hydrogen) atoms. The van der Waals surface area contributed by atoms with Gasteiger partial charge in [-0.2, -0.15) is 5.10 Å². The molecule has 1 aliphatic heterocycles. The molecule has 10 aromatic carbocycles. The van der Waals surface area contributed by atoms with Gasteiger partial charge in [0.25, 0.3) is 0 Å². The van der Waals surface area contributed by atoms with E-state index in [1.165, 1.54) is 21.5 Å². The predicted octanol–water partition coefficient (Wildman–Crippen LogP) is 15.5. The van der Waals surface area contributed by atoms with Gasteiger partial charge in [-0.05, 0) is 45.7 Å². The van der Waals surface area contributed by atoms with Gasteiger partial charge in [-0.3, -0.25) is 0 Å². The minimum Gasteiger partial charge on any atom is -0.657 e. The summed E-state index contributed by atoms with van der Waals surface area (Å²) in [6, 6.07) is 89.5. The summed E-state index contributed by atoms with van der Waals surface area (Å²) in [6.45, 7) is 2.18. The van der Waals surface area contributed by atoms with E-state index in [-0.39, 0.29) is 22.4 Å². The van der Waals surface area contributed by atoms with Gasteiger partial charge in [0, 0.05) is 61.1 Å². The van der Waals surface area contributed by atoms with Gasteiger partial charge in [-0.25, -0.2) is 0 Å². The Kier molecular flexibility index (Phi) is 11.6. The number of aromatic nitrogens is 2. The number of rotatable bonds is 7. The van der Waals surface area contributed by atoms with Crippen molar-refractivity contribution in [3.8, 4) is 39.1 Å². The molecule has 0 saturated carbocycles. The van der Waals surface area contributed by atoms with Crippen LogP contribution in [-0.2, 0) is 22.4 Å². The standard InChI is InChI=1S/C50H35N4.C12H8N.Au/c1-5-19-36(20-6-1)40-29-17-30-41(37-21-7-2-8-22-37)48(40)52-35-53(51-50(52)39-25-11-4-12-26-39)49-42(38-23-9-3-10-24-38)31-18-34-47(49)54-45-32-15-13-27-43(45)44-28-14-16-33-46(44)54;1-3-7-11-9(5-1)10-6-2-4-8-12(10)13-11;/h1-35H;1-8H;/q2*-1;. The second-order valence-corrected chi connectivity index (χ2v) is 16.6. The molecule has 0 amide bonds. The van der Waals surface area contributed by atoms with Crippen molar-refractivity contribution in [1.29, 1.82) is 0 Å². The van der Waals surface area contributed by atoms with Crippen molar-refractivity contribution >= 4 is 60.8 Å². The van der Waals surface area contributed by atoms with Crippen LogP contribution in [0.25, 0.3) is 82.7 Å². The van der Waals surface area contributed by atoms with Gasteiger partial charge in [0.05, 0.1) is 22.4 Å². The Morgan fingerprint density at radius 1 is 0.338 bits per heavy atom. The summed E-state index contributed by atoms with van der Waals surface area (Å²) in [4.78, 5) is 6.80. The van der Waals surface area contributed by atoms with Crippen LogP contribution in [-0.4, -0.2) is 10.4 Å². The fraction of sp³-hybridized carbons (Fsp3) is 0. The largest absolute Gasteiger partial charge is 0.657 e. The van der Waals surface area contributed by atoms with Crippen LogP contribution in [0.15, 0.2) is 260 Å².